The molecule has 2 heterocycles. The van der Waals surface area contributed by atoms with Crippen molar-refractivity contribution in [1.82, 2.24) is 13.5 Å². The summed E-state index contributed by atoms with van der Waals surface area (Å²) in [7, 11) is -3.51. The zero-order valence-corrected chi connectivity index (χ0v) is 17.6. The van der Waals surface area contributed by atoms with Gasteiger partial charge in [-0.25, -0.2) is 0 Å². The number of nitrogens with one attached hydrogen (secondary N) is 1. The van der Waals surface area contributed by atoms with Crippen LogP contribution in [0.25, 0.3) is 0 Å². The molecular weight excluding hydrogens is 380 g/mol. The van der Waals surface area contributed by atoms with Gasteiger partial charge in [0.15, 0.2) is 0 Å². The van der Waals surface area contributed by atoms with Crippen molar-refractivity contribution in [3.05, 3.63) is 30.3 Å². The topological polar surface area (TPSA) is 82.2 Å². The fraction of sp³-hybridized carbons (Fsp3) is 0.632. The first-order valence-corrected chi connectivity index (χ1v) is 11.2. The molecule has 8 nitrogen and oxygen atoms in total. The zero-order valence-electron chi connectivity index (χ0n) is 16.7. The summed E-state index contributed by atoms with van der Waals surface area (Å²) in [4.78, 5) is 14.5. The van der Waals surface area contributed by atoms with Crippen molar-refractivity contribution >= 4 is 21.8 Å². The zero-order chi connectivity index (χ0) is 20.3. The Morgan fingerprint density at radius 3 is 2.18 bits per heavy atom. The van der Waals surface area contributed by atoms with Crippen molar-refractivity contribution in [2.24, 2.45) is 0 Å². The van der Waals surface area contributed by atoms with Gasteiger partial charge >= 0.3 is 0 Å². The maximum atomic E-state index is 13.0. The number of ether oxygens (including phenoxy) is 1. The van der Waals surface area contributed by atoms with E-state index in [1.807, 2.05) is 56.0 Å². The van der Waals surface area contributed by atoms with Crippen LogP contribution in [0.1, 0.15) is 20.8 Å². The molecule has 0 unspecified atom stereocenters. The monoisotopic (exact) mass is 410 g/mol. The van der Waals surface area contributed by atoms with Crippen LogP contribution >= 0.6 is 0 Å². The standard InChI is InChI=1S/C19H30N4O4S/c1-15-13-23(14-16(2)27-15)28(25,26)22-11-9-21(10-12-22)17(3)19(24)20-18-7-5-4-6-8-18/h4-8,15-17H,9-14H2,1-3H3,(H,20,24)/t15-,16+,17-/m1/s1. The molecule has 28 heavy (non-hydrogen) atoms. The van der Waals surface area contributed by atoms with Gasteiger partial charge in [-0.05, 0) is 32.9 Å². The molecule has 0 radical (unpaired) electrons. The van der Waals surface area contributed by atoms with Crippen molar-refractivity contribution in [3.8, 4) is 0 Å². The van der Waals surface area contributed by atoms with E-state index in [4.69, 9.17) is 4.74 Å². The van der Waals surface area contributed by atoms with Gasteiger partial charge in [-0.3, -0.25) is 9.69 Å². The molecule has 9 heteroatoms. The van der Waals surface area contributed by atoms with Crippen LogP contribution in [0.4, 0.5) is 5.69 Å². The van der Waals surface area contributed by atoms with Crippen molar-refractivity contribution in [2.45, 2.75) is 39.0 Å². The number of piperazine rings is 1. The van der Waals surface area contributed by atoms with Crippen LogP contribution in [0.5, 0.6) is 0 Å². The molecule has 0 saturated carbocycles. The van der Waals surface area contributed by atoms with Crippen LogP contribution in [0, 0.1) is 0 Å². The van der Waals surface area contributed by atoms with Crippen LogP contribution in [-0.2, 0) is 19.7 Å². The second-order valence-corrected chi connectivity index (χ2v) is 9.48. The summed E-state index contributed by atoms with van der Waals surface area (Å²) in [5, 5.41) is 2.91. The summed E-state index contributed by atoms with van der Waals surface area (Å²) >= 11 is 0. The number of benzene rings is 1. The van der Waals surface area contributed by atoms with Crippen molar-refractivity contribution < 1.29 is 17.9 Å². The van der Waals surface area contributed by atoms with E-state index >= 15 is 0 Å². The number of carbonyl (C=O) groups is 1. The van der Waals surface area contributed by atoms with Crippen LogP contribution < -0.4 is 5.32 Å². The van der Waals surface area contributed by atoms with Crippen LogP contribution in [-0.4, -0.2) is 85.4 Å². The molecule has 3 atom stereocenters. The Morgan fingerprint density at radius 1 is 1.04 bits per heavy atom. The van der Waals surface area contributed by atoms with Gasteiger partial charge in [-0.2, -0.15) is 17.0 Å². The molecule has 2 fully saturated rings. The molecule has 1 amide bonds. The molecule has 2 saturated heterocycles. The average Bonchev–Trinajstić information content (AvgIpc) is 2.67. The number of hydrogen-bond acceptors (Lipinski definition) is 5. The normalized spacial score (nSPS) is 26.7. The second-order valence-electron chi connectivity index (χ2n) is 7.55. The van der Waals surface area contributed by atoms with Gasteiger partial charge in [-0.1, -0.05) is 18.2 Å². The number of anilines is 1. The summed E-state index contributed by atoms with van der Waals surface area (Å²) < 4.78 is 34.7. The lowest BCUT2D eigenvalue weighted by atomic mass is 10.2. The average molecular weight is 411 g/mol. The first-order valence-electron chi connectivity index (χ1n) is 9.78. The maximum Gasteiger partial charge on any atom is 0.282 e. The van der Waals surface area contributed by atoms with Crippen LogP contribution in [0.3, 0.4) is 0 Å². The Balaban J connectivity index is 1.55. The number of morpholine rings is 1. The van der Waals surface area contributed by atoms with E-state index in [1.165, 1.54) is 8.61 Å². The SMILES string of the molecule is C[C@@H]1CN(S(=O)(=O)N2CCN([C@H](C)C(=O)Nc3ccccc3)CC2)C[C@H](C)O1. The summed E-state index contributed by atoms with van der Waals surface area (Å²) in [5.41, 5.74) is 0.760. The van der Waals surface area contributed by atoms with E-state index in [0.29, 0.717) is 39.3 Å². The molecule has 0 aromatic heterocycles. The lowest BCUT2D eigenvalue weighted by Crippen LogP contribution is -2.58. The van der Waals surface area contributed by atoms with E-state index in [2.05, 4.69) is 5.32 Å². The molecule has 0 spiro atoms. The number of hydrogen-bond donors (Lipinski definition) is 1. The van der Waals surface area contributed by atoms with E-state index < -0.39 is 10.2 Å². The summed E-state index contributed by atoms with van der Waals surface area (Å²) in [6.07, 6.45) is -0.219. The first-order chi connectivity index (χ1) is 13.3. The van der Waals surface area contributed by atoms with E-state index in [1.54, 1.807) is 0 Å². The molecule has 1 aromatic carbocycles. The Bertz CT molecular complexity index is 755. The molecule has 1 aromatic rings. The molecular formula is C19H30N4O4S. The minimum absolute atomic E-state index is 0.0849. The number of para-hydroxylation sites is 1. The fourth-order valence-electron chi connectivity index (χ4n) is 3.74. The predicted molar refractivity (Wildman–Crippen MR) is 108 cm³/mol. The first kappa shape index (κ1) is 21.2. The summed E-state index contributed by atoms with van der Waals surface area (Å²) in [5.74, 6) is -0.0849. The molecule has 0 aliphatic carbocycles. The molecule has 2 aliphatic heterocycles. The van der Waals surface area contributed by atoms with Gasteiger partial charge in [0.2, 0.25) is 5.91 Å². The highest BCUT2D eigenvalue weighted by Gasteiger charge is 2.37. The van der Waals surface area contributed by atoms with Crippen LogP contribution in [0.15, 0.2) is 30.3 Å². The van der Waals surface area contributed by atoms with Gasteiger partial charge in [0, 0.05) is 45.0 Å². The Kier molecular flexibility index (Phi) is 6.72. The van der Waals surface area contributed by atoms with Crippen molar-refractivity contribution in [3.63, 3.8) is 0 Å². The lowest BCUT2D eigenvalue weighted by Gasteiger charge is -2.41. The lowest BCUT2D eigenvalue weighted by molar-refractivity contribution is -0.121. The third-order valence-electron chi connectivity index (χ3n) is 5.28. The van der Waals surface area contributed by atoms with Crippen LogP contribution in [0.2, 0.25) is 0 Å². The maximum absolute atomic E-state index is 13.0. The molecule has 0 bridgehead atoms. The third kappa shape index (κ3) is 4.90. The highest BCUT2D eigenvalue weighted by molar-refractivity contribution is 7.86. The smallest absolute Gasteiger partial charge is 0.282 e. The summed E-state index contributed by atoms with van der Waals surface area (Å²) in [6, 6.07) is 9.01. The van der Waals surface area contributed by atoms with E-state index in [0.717, 1.165) is 5.69 Å². The summed E-state index contributed by atoms with van der Waals surface area (Å²) in [6.45, 7) is 8.21. The fourth-order valence-corrected chi connectivity index (χ4v) is 5.49. The van der Waals surface area contributed by atoms with Gasteiger partial charge in [0.05, 0.1) is 18.2 Å². The van der Waals surface area contributed by atoms with Gasteiger partial charge in [0.25, 0.3) is 10.2 Å². The largest absolute Gasteiger partial charge is 0.373 e. The third-order valence-corrected chi connectivity index (χ3v) is 7.25. The van der Waals surface area contributed by atoms with Crippen molar-refractivity contribution in [1.29, 1.82) is 0 Å². The van der Waals surface area contributed by atoms with Gasteiger partial charge in [0.1, 0.15) is 0 Å². The number of amides is 1. The molecule has 3 rings (SSSR count). The van der Waals surface area contributed by atoms with E-state index in [-0.39, 0.29) is 24.2 Å². The Labute approximate surface area is 167 Å². The Morgan fingerprint density at radius 2 is 1.61 bits per heavy atom. The van der Waals surface area contributed by atoms with Gasteiger partial charge in [-0.15, -0.1) is 0 Å². The molecule has 156 valence electrons. The number of nitrogens with zero attached hydrogens (tertiary/aromatic N) is 3. The van der Waals surface area contributed by atoms with Crippen molar-refractivity contribution in [2.75, 3.05) is 44.6 Å². The minimum atomic E-state index is -3.51. The van der Waals surface area contributed by atoms with Gasteiger partial charge < -0.3 is 10.1 Å². The number of carbonyl (C=O) groups excluding carboxylic acids is 1. The Hall–Kier alpha value is -1.52. The number of rotatable bonds is 5. The quantitative estimate of drug-likeness (QED) is 0.783. The predicted octanol–water partition coefficient (Wildman–Crippen LogP) is 0.985. The minimum Gasteiger partial charge on any atom is -0.373 e. The van der Waals surface area contributed by atoms with E-state index in [9.17, 15) is 13.2 Å². The highest BCUT2D eigenvalue weighted by atomic mass is 32.2. The molecule has 1 N–H and O–H groups in total. The molecule has 2 aliphatic rings. The highest BCUT2D eigenvalue weighted by Crippen LogP contribution is 2.19. The second kappa shape index (κ2) is 8.87.